The fourth-order valence-corrected chi connectivity index (χ4v) is 1.71. The van der Waals surface area contributed by atoms with E-state index in [9.17, 15) is 0 Å². The summed E-state index contributed by atoms with van der Waals surface area (Å²) in [7, 11) is 1.65. The van der Waals surface area contributed by atoms with Crippen LogP contribution in [-0.4, -0.2) is 31.2 Å². The van der Waals surface area contributed by atoms with E-state index < -0.39 is 0 Å². The molecule has 0 aliphatic carbocycles. The zero-order valence-electron chi connectivity index (χ0n) is 8.73. The first-order valence-corrected chi connectivity index (χ1v) is 4.97. The highest BCUT2D eigenvalue weighted by atomic mass is 16.5. The Bertz CT molecular complexity index is 376. The van der Waals surface area contributed by atoms with Gasteiger partial charge in [-0.3, -0.25) is 4.98 Å². The number of pyridine rings is 1. The van der Waals surface area contributed by atoms with E-state index in [0.717, 1.165) is 30.1 Å². The summed E-state index contributed by atoms with van der Waals surface area (Å²) in [4.78, 5) is 4.32. The largest absolute Gasteiger partial charge is 0.494 e. The Labute approximate surface area is 89.1 Å². The fourth-order valence-electron chi connectivity index (χ4n) is 1.71. The van der Waals surface area contributed by atoms with Gasteiger partial charge in [-0.25, -0.2) is 0 Å². The number of nitrogens with zero attached hydrogens (tertiary/aromatic N) is 1. The van der Waals surface area contributed by atoms with Crippen LogP contribution >= 0.6 is 0 Å². The summed E-state index contributed by atoms with van der Waals surface area (Å²) < 4.78 is 5.26. The quantitative estimate of drug-likeness (QED) is 0.734. The molecule has 0 bridgehead atoms. The van der Waals surface area contributed by atoms with Gasteiger partial charge in [0.05, 0.1) is 7.11 Å². The van der Waals surface area contributed by atoms with Gasteiger partial charge in [-0.1, -0.05) is 6.08 Å². The number of methoxy groups -OCH3 is 1. The summed E-state index contributed by atoms with van der Waals surface area (Å²) >= 11 is 0. The number of hydrogen-bond acceptors (Lipinski definition) is 4. The van der Waals surface area contributed by atoms with Gasteiger partial charge in [0.1, 0.15) is 11.4 Å². The molecule has 1 aliphatic rings. The summed E-state index contributed by atoms with van der Waals surface area (Å²) in [5.41, 5.74) is 7.83. The lowest BCUT2D eigenvalue weighted by Crippen LogP contribution is -2.37. The molecule has 1 aliphatic heterocycles. The molecule has 1 atom stereocenters. The minimum atomic E-state index is 0.0560. The zero-order valence-corrected chi connectivity index (χ0v) is 8.73. The molecule has 3 N–H and O–H groups in total. The molecule has 0 saturated carbocycles. The van der Waals surface area contributed by atoms with Crippen LogP contribution in [0.4, 0.5) is 0 Å². The maximum atomic E-state index is 5.85. The van der Waals surface area contributed by atoms with Gasteiger partial charge in [-0.05, 0) is 17.7 Å². The lowest BCUT2D eigenvalue weighted by Gasteiger charge is -2.19. The Balaban J connectivity index is 2.36. The van der Waals surface area contributed by atoms with E-state index in [0.29, 0.717) is 0 Å². The Morgan fingerprint density at radius 2 is 2.47 bits per heavy atom. The normalized spacial score (nSPS) is 20.9. The van der Waals surface area contributed by atoms with Crippen LogP contribution in [0.5, 0.6) is 5.75 Å². The molecule has 2 heterocycles. The number of ether oxygens (including phenoxy) is 1. The van der Waals surface area contributed by atoms with E-state index in [1.54, 1.807) is 13.3 Å². The van der Waals surface area contributed by atoms with Crippen molar-refractivity contribution < 1.29 is 4.74 Å². The highest BCUT2D eigenvalue weighted by Crippen LogP contribution is 2.23. The van der Waals surface area contributed by atoms with Crippen molar-refractivity contribution in [3.8, 4) is 5.75 Å². The summed E-state index contributed by atoms with van der Waals surface area (Å²) in [5.74, 6) is 0.791. The third-order valence-corrected chi connectivity index (χ3v) is 2.41. The zero-order chi connectivity index (χ0) is 10.7. The maximum Gasteiger partial charge on any atom is 0.144 e. The molecule has 1 aromatic heterocycles. The molecule has 2 rings (SSSR count). The Morgan fingerprint density at radius 3 is 3.20 bits per heavy atom. The average Bonchev–Trinajstić information content (AvgIpc) is 2.29. The molecule has 80 valence electrons. The molecule has 1 unspecified atom stereocenters. The monoisotopic (exact) mass is 205 g/mol. The van der Waals surface area contributed by atoms with E-state index in [1.165, 1.54) is 0 Å². The topological polar surface area (TPSA) is 60.2 Å². The second kappa shape index (κ2) is 4.42. The van der Waals surface area contributed by atoms with Crippen LogP contribution in [0.2, 0.25) is 0 Å². The molecule has 0 radical (unpaired) electrons. The first-order valence-electron chi connectivity index (χ1n) is 4.97. The Hall–Kier alpha value is -1.39. The van der Waals surface area contributed by atoms with Gasteiger partial charge in [0.25, 0.3) is 0 Å². The molecular formula is C11H15N3O. The maximum absolute atomic E-state index is 5.85. The van der Waals surface area contributed by atoms with E-state index in [4.69, 9.17) is 10.5 Å². The highest BCUT2D eigenvalue weighted by Gasteiger charge is 2.14. The first kappa shape index (κ1) is 10.1. The fraction of sp³-hybridized carbons (Fsp3) is 0.364. The molecule has 0 spiro atoms. The van der Waals surface area contributed by atoms with Crippen LogP contribution in [0.3, 0.4) is 0 Å². The second-order valence-corrected chi connectivity index (χ2v) is 3.54. The van der Waals surface area contributed by atoms with Crippen LogP contribution in [0, 0.1) is 0 Å². The molecule has 0 saturated heterocycles. The highest BCUT2D eigenvalue weighted by molar-refractivity contribution is 5.69. The van der Waals surface area contributed by atoms with Crippen molar-refractivity contribution in [1.82, 2.24) is 10.3 Å². The van der Waals surface area contributed by atoms with Crippen molar-refractivity contribution in [3.05, 3.63) is 30.1 Å². The summed E-state index contributed by atoms with van der Waals surface area (Å²) in [6.07, 6.45) is 3.81. The van der Waals surface area contributed by atoms with Crippen LogP contribution in [0.25, 0.3) is 5.57 Å². The summed E-state index contributed by atoms with van der Waals surface area (Å²) in [5, 5.41) is 3.25. The van der Waals surface area contributed by atoms with Crippen molar-refractivity contribution in [3.63, 3.8) is 0 Å². The predicted molar refractivity (Wildman–Crippen MR) is 59.6 cm³/mol. The number of nitrogens with two attached hydrogens (primary N) is 1. The Morgan fingerprint density at radius 1 is 1.60 bits per heavy atom. The predicted octanol–water partition coefficient (Wildman–Crippen LogP) is 0.404. The molecule has 15 heavy (non-hydrogen) atoms. The van der Waals surface area contributed by atoms with E-state index in [1.807, 2.05) is 18.2 Å². The Kier molecular flexibility index (Phi) is 2.99. The van der Waals surface area contributed by atoms with Gasteiger partial charge in [0.15, 0.2) is 0 Å². The molecule has 0 amide bonds. The molecule has 1 aromatic rings. The molecule has 0 aromatic carbocycles. The van der Waals surface area contributed by atoms with E-state index in [2.05, 4.69) is 10.3 Å². The number of aromatic nitrogens is 1. The minimum Gasteiger partial charge on any atom is -0.494 e. The van der Waals surface area contributed by atoms with E-state index >= 15 is 0 Å². The van der Waals surface area contributed by atoms with E-state index in [-0.39, 0.29) is 6.04 Å². The van der Waals surface area contributed by atoms with Crippen molar-refractivity contribution in [2.75, 3.05) is 20.2 Å². The number of rotatable bonds is 2. The number of nitrogens with one attached hydrogen (secondary N) is 1. The van der Waals surface area contributed by atoms with Crippen molar-refractivity contribution in [1.29, 1.82) is 0 Å². The van der Waals surface area contributed by atoms with Gasteiger partial charge in [-0.2, -0.15) is 0 Å². The standard InChI is InChI=1S/C11H15N3O/c1-15-10-3-2-4-14-11(10)8-5-9(12)7-13-6-8/h2-5,9,13H,6-7,12H2,1H3. The molecular weight excluding hydrogens is 190 g/mol. The molecule has 4 nitrogen and oxygen atoms in total. The van der Waals surface area contributed by atoms with Crippen LogP contribution in [0.1, 0.15) is 5.69 Å². The molecule has 0 fully saturated rings. The molecule has 4 heteroatoms. The van der Waals surface area contributed by atoms with Crippen molar-refractivity contribution in [2.24, 2.45) is 5.73 Å². The summed E-state index contributed by atoms with van der Waals surface area (Å²) in [6.45, 7) is 1.61. The number of hydrogen-bond donors (Lipinski definition) is 2. The smallest absolute Gasteiger partial charge is 0.144 e. The lowest BCUT2D eigenvalue weighted by atomic mass is 10.0. The second-order valence-electron chi connectivity index (χ2n) is 3.54. The van der Waals surface area contributed by atoms with Crippen LogP contribution in [-0.2, 0) is 0 Å². The SMILES string of the molecule is COc1cccnc1C1=CC(N)CNC1. The third kappa shape index (κ3) is 2.16. The van der Waals surface area contributed by atoms with Crippen molar-refractivity contribution >= 4 is 5.57 Å². The average molecular weight is 205 g/mol. The van der Waals surface area contributed by atoms with Gasteiger partial charge < -0.3 is 15.8 Å². The minimum absolute atomic E-state index is 0.0560. The van der Waals surface area contributed by atoms with Crippen molar-refractivity contribution in [2.45, 2.75) is 6.04 Å². The lowest BCUT2D eigenvalue weighted by molar-refractivity contribution is 0.411. The first-order chi connectivity index (χ1) is 7.31. The third-order valence-electron chi connectivity index (χ3n) is 2.41. The van der Waals surface area contributed by atoms with Gasteiger partial charge in [0.2, 0.25) is 0 Å². The van der Waals surface area contributed by atoms with Gasteiger partial charge in [-0.15, -0.1) is 0 Å². The van der Waals surface area contributed by atoms with Crippen LogP contribution in [0.15, 0.2) is 24.4 Å². The summed E-state index contributed by atoms with van der Waals surface area (Å²) in [6, 6.07) is 3.82. The van der Waals surface area contributed by atoms with Crippen LogP contribution < -0.4 is 15.8 Å². The van der Waals surface area contributed by atoms with Gasteiger partial charge in [0, 0.05) is 25.3 Å². The van der Waals surface area contributed by atoms with Gasteiger partial charge >= 0.3 is 0 Å².